The molecule has 5 nitrogen and oxygen atoms in total. The van der Waals surface area contributed by atoms with Gasteiger partial charge in [-0.15, -0.1) is 0 Å². The Hall–Kier alpha value is -2.11. The van der Waals surface area contributed by atoms with Crippen LogP contribution in [-0.4, -0.2) is 48.9 Å². The number of nitrogens with one attached hydrogen (secondary N) is 1. The van der Waals surface area contributed by atoms with Crippen molar-refractivity contribution in [2.45, 2.75) is 38.3 Å². The van der Waals surface area contributed by atoms with Crippen molar-refractivity contribution in [1.29, 1.82) is 0 Å². The zero-order valence-electron chi connectivity index (χ0n) is 12.6. The van der Waals surface area contributed by atoms with Gasteiger partial charge in [0.2, 0.25) is 11.8 Å². The Labute approximate surface area is 131 Å². The predicted octanol–water partition coefficient (Wildman–Crippen LogP) is 0.420. The largest absolute Gasteiger partial charge is 0.344 e. The van der Waals surface area contributed by atoms with Crippen LogP contribution in [0.4, 0.5) is 0 Å². The molecule has 6 heteroatoms. The molecule has 2 amide bonds. The molecule has 2 atom stereocenters. The summed E-state index contributed by atoms with van der Waals surface area (Å²) in [6.45, 7) is 1.87. The van der Waals surface area contributed by atoms with Crippen molar-refractivity contribution in [1.82, 2.24) is 10.2 Å². The summed E-state index contributed by atoms with van der Waals surface area (Å²) in [5, 5.41) is 2.68. The number of benzene rings is 1. The van der Waals surface area contributed by atoms with Crippen LogP contribution in [0.1, 0.15) is 25.3 Å². The molecule has 1 aliphatic heterocycles. The molecule has 2 radical (unpaired) electrons. The topological polar surface area (TPSA) is 66.5 Å². The SMILES string of the molecule is [B]C(=O)[C@@H]1CCCN1C(=O)C(Cc1ccccc1)NC(C)=O. The third kappa shape index (κ3) is 3.96. The fourth-order valence-corrected chi connectivity index (χ4v) is 2.82. The maximum atomic E-state index is 12.7. The second kappa shape index (κ2) is 7.25. The van der Waals surface area contributed by atoms with Crippen molar-refractivity contribution in [2.24, 2.45) is 0 Å². The lowest BCUT2D eigenvalue weighted by Crippen LogP contribution is -2.52. The Bertz CT molecular complexity index is 562. The molecule has 0 aromatic heterocycles. The molecular formula is C16H19BN2O3. The average molecular weight is 298 g/mol. The minimum Gasteiger partial charge on any atom is -0.344 e. The first-order chi connectivity index (χ1) is 10.5. The first-order valence-electron chi connectivity index (χ1n) is 7.40. The van der Waals surface area contributed by atoms with Crippen LogP contribution in [0.5, 0.6) is 0 Å². The van der Waals surface area contributed by atoms with Crippen LogP contribution in [0, 0.1) is 0 Å². The van der Waals surface area contributed by atoms with Crippen molar-refractivity contribution in [3.8, 4) is 0 Å². The number of hydrogen-bond donors (Lipinski definition) is 1. The number of carbonyl (C=O) groups is 3. The van der Waals surface area contributed by atoms with E-state index in [1.165, 1.54) is 11.8 Å². The minimum atomic E-state index is -0.681. The Balaban J connectivity index is 2.15. The predicted molar refractivity (Wildman–Crippen MR) is 83.2 cm³/mol. The zero-order valence-corrected chi connectivity index (χ0v) is 12.6. The van der Waals surface area contributed by atoms with Gasteiger partial charge in [-0.3, -0.25) is 9.59 Å². The summed E-state index contributed by atoms with van der Waals surface area (Å²) >= 11 is 0. The number of amides is 2. The fraction of sp³-hybridized carbons (Fsp3) is 0.438. The van der Waals surface area contributed by atoms with E-state index in [-0.39, 0.29) is 11.8 Å². The Kier molecular flexibility index (Phi) is 5.36. The molecule has 1 heterocycles. The van der Waals surface area contributed by atoms with Crippen molar-refractivity contribution in [2.75, 3.05) is 6.54 Å². The Morgan fingerprint density at radius 1 is 1.32 bits per heavy atom. The fourth-order valence-electron chi connectivity index (χ4n) is 2.82. The summed E-state index contributed by atoms with van der Waals surface area (Å²) in [5.74, 6) is -0.524. The Morgan fingerprint density at radius 3 is 2.59 bits per heavy atom. The maximum absolute atomic E-state index is 12.7. The van der Waals surface area contributed by atoms with E-state index in [4.69, 9.17) is 7.85 Å². The van der Waals surface area contributed by atoms with Crippen LogP contribution in [0.25, 0.3) is 0 Å². The monoisotopic (exact) mass is 298 g/mol. The molecule has 1 aromatic carbocycles. The van der Waals surface area contributed by atoms with Crippen molar-refractivity contribution in [3.63, 3.8) is 0 Å². The molecule has 0 bridgehead atoms. The quantitative estimate of drug-likeness (QED) is 0.801. The van der Waals surface area contributed by atoms with Gasteiger partial charge in [0.15, 0.2) is 7.85 Å². The summed E-state index contributed by atoms with van der Waals surface area (Å²) < 4.78 is 0. The van der Waals surface area contributed by atoms with Crippen molar-refractivity contribution < 1.29 is 14.4 Å². The molecule has 0 saturated carbocycles. The van der Waals surface area contributed by atoms with Gasteiger partial charge in [-0.05, 0) is 18.4 Å². The lowest BCUT2D eigenvalue weighted by molar-refractivity contribution is -0.139. The third-order valence-corrected chi connectivity index (χ3v) is 3.82. The van der Waals surface area contributed by atoms with Crippen LogP contribution in [0.15, 0.2) is 30.3 Å². The molecule has 1 N–H and O–H groups in total. The molecular weight excluding hydrogens is 279 g/mol. The van der Waals surface area contributed by atoms with E-state index < -0.39 is 17.8 Å². The van der Waals surface area contributed by atoms with E-state index in [0.29, 0.717) is 19.4 Å². The van der Waals surface area contributed by atoms with Gasteiger partial charge in [0.25, 0.3) is 0 Å². The van der Waals surface area contributed by atoms with Gasteiger partial charge in [-0.2, -0.15) is 0 Å². The van der Waals surface area contributed by atoms with E-state index >= 15 is 0 Å². The number of rotatable bonds is 5. The van der Waals surface area contributed by atoms with Gasteiger partial charge in [0.05, 0.1) is 11.7 Å². The van der Waals surface area contributed by atoms with Gasteiger partial charge in [-0.1, -0.05) is 30.3 Å². The summed E-state index contributed by atoms with van der Waals surface area (Å²) in [4.78, 5) is 37.1. The maximum Gasteiger partial charge on any atom is 0.246 e. The van der Waals surface area contributed by atoms with E-state index in [1.54, 1.807) is 0 Å². The normalized spacial score (nSPS) is 18.8. The van der Waals surface area contributed by atoms with Crippen molar-refractivity contribution in [3.05, 3.63) is 35.9 Å². The second-order valence-electron chi connectivity index (χ2n) is 5.53. The Morgan fingerprint density at radius 2 is 2.00 bits per heavy atom. The average Bonchev–Trinajstić information content (AvgIpc) is 2.96. The van der Waals surface area contributed by atoms with Gasteiger partial charge >= 0.3 is 0 Å². The van der Waals surface area contributed by atoms with Gasteiger partial charge in [-0.25, -0.2) is 0 Å². The molecule has 22 heavy (non-hydrogen) atoms. The standard InChI is InChI=1S/C16H19BN2O3/c1-11(20)18-13(10-12-6-3-2-4-7-12)16(22)19-9-5-8-14(19)15(17)21/h2-4,6-7,13-14H,5,8-10H2,1H3,(H,18,20)/t13?,14-/m0/s1. The van der Waals surface area contributed by atoms with E-state index in [2.05, 4.69) is 5.32 Å². The van der Waals surface area contributed by atoms with Gasteiger partial charge in [0, 0.05) is 19.9 Å². The van der Waals surface area contributed by atoms with Crippen LogP contribution in [0.2, 0.25) is 0 Å². The molecule has 1 fully saturated rings. The van der Waals surface area contributed by atoms with Crippen LogP contribution in [0.3, 0.4) is 0 Å². The summed E-state index contributed by atoms with van der Waals surface area (Å²) in [6.07, 6.45) is 1.72. The minimum absolute atomic E-state index is 0.250. The molecule has 1 saturated heterocycles. The van der Waals surface area contributed by atoms with Crippen LogP contribution < -0.4 is 5.32 Å². The zero-order chi connectivity index (χ0) is 16.1. The molecule has 114 valence electrons. The summed E-state index contributed by atoms with van der Waals surface area (Å²) in [6, 6.07) is 8.20. The van der Waals surface area contributed by atoms with Crippen molar-refractivity contribution >= 4 is 25.3 Å². The number of likely N-dealkylation sites (tertiary alicyclic amines) is 1. The number of carbonyl (C=O) groups excluding carboxylic acids is 3. The van der Waals surface area contributed by atoms with E-state index in [9.17, 15) is 14.4 Å². The molecule has 1 aromatic rings. The highest BCUT2D eigenvalue weighted by Gasteiger charge is 2.35. The molecule has 0 aliphatic carbocycles. The van der Waals surface area contributed by atoms with Gasteiger partial charge in [0.1, 0.15) is 6.04 Å². The smallest absolute Gasteiger partial charge is 0.246 e. The summed E-state index contributed by atoms with van der Waals surface area (Å²) in [7, 11) is 5.36. The number of nitrogens with zero attached hydrogens (tertiary/aromatic N) is 1. The van der Waals surface area contributed by atoms with E-state index in [0.717, 1.165) is 12.0 Å². The molecule has 1 aliphatic rings. The molecule has 0 spiro atoms. The first-order valence-corrected chi connectivity index (χ1v) is 7.40. The highest BCUT2D eigenvalue weighted by Crippen LogP contribution is 2.19. The van der Waals surface area contributed by atoms with Crippen LogP contribution in [-0.2, 0) is 20.8 Å². The number of hydrogen-bond acceptors (Lipinski definition) is 3. The first kappa shape index (κ1) is 16.3. The summed E-state index contributed by atoms with van der Waals surface area (Å²) in [5.41, 5.74) is 0.455. The van der Waals surface area contributed by atoms with E-state index in [1.807, 2.05) is 30.3 Å². The lowest BCUT2D eigenvalue weighted by atomic mass is 9.93. The lowest BCUT2D eigenvalue weighted by Gasteiger charge is -2.28. The van der Waals surface area contributed by atoms with Crippen LogP contribution >= 0.6 is 0 Å². The van der Waals surface area contributed by atoms with Gasteiger partial charge < -0.3 is 15.0 Å². The highest BCUT2D eigenvalue weighted by atomic mass is 16.2. The highest BCUT2D eigenvalue weighted by molar-refractivity contribution is 6.59. The second-order valence-corrected chi connectivity index (χ2v) is 5.53. The molecule has 2 rings (SSSR count). The molecule has 1 unspecified atom stereocenters. The third-order valence-electron chi connectivity index (χ3n) is 3.82.